The Labute approximate surface area is 118 Å². The molecule has 0 aromatic rings. The molecule has 0 spiro atoms. The molecule has 1 aliphatic rings. The van der Waals surface area contributed by atoms with Gasteiger partial charge >= 0.3 is 0 Å². The topological polar surface area (TPSA) is 35.9 Å². The number of rotatable bonds is 9. The Kier molecular flexibility index (Phi) is 8.62. The van der Waals surface area contributed by atoms with Crippen molar-refractivity contribution in [2.75, 3.05) is 52.5 Å². The highest BCUT2D eigenvalue weighted by Crippen LogP contribution is 2.10. The maximum atomic E-state index is 9.14. The summed E-state index contributed by atoms with van der Waals surface area (Å²) in [4.78, 5) is 4.85. The first-order valence-corrected chi connectivity index (χ1v) is 7.82. The predicted octanol–water partition coefficient (Wildman–Crippen LogP) is 1.44. The van der Waals surface area contributed by atoms with Gasteiger partial charge in [-0.25, -0.2) is 0 Å². The molecule has 0 aromatic heterocycles. The molecule has 1 rings (SSSR count). The second kappa shape index (κ2) is 9.70. The van der Waals surface area contributed by atoms with E-state index in [1.165, 1.54) is 12.8 Å². The number of hydrogen-bond acceptors (Lipinski definition) is 4. The summed E-state index contributed by atoms with van der Waals surface area (Å²) < 4.78 is 5.88. The first-order chi connectivity index (χ1) is 9.15. The first kappa shape index (κ1) is 16.9. The third-order valence-corrected chi connectivity index (χ3v) is 3.55. The molecule has 1 heterocycles. The third kappa shape index (κ3) is 7.25. The van der Waals surface area contributed by atoms with Crippen LogP contribution in [0.2, 0.25) is 0 Å². The minimum atomic E-state index is 0.242. The summed E-state index contributed by atoms with van der Waals surface area (Å²) in [6.07, 6.45) is 2.70. The summed E-state index contributed by atoms with van der Waals surface area (Å²) in [5.41, 5.74) is 0. The Morgan fingerprint density at radius 3 is 2.79 bits per heavy atom. The minimum absolute atomic E-state index is 0.242. The molecule has 1 aliphatic heterocycles. The first-order valence-electron chi connectivity index (χ1n) is 7.82. The van der Waals surface area contributed by atoms with Gasteiger partial charge in [0.25, 0.3) is 0 Å². The Balaban J connectivity index is 2.35. The van der Waals surface area contributed by atoms with Gasteiger partial charge < -0.3 is 9.84 Å². The van der Waals surface area contributed by atoms with Crippen LogP contribution >= 0.6 is 0 Å². The lowest BCUT2D eigenvalue weighted by atomic mass is 10.1. The summed E-state index contributed by atoms with van der Waals surface area (Å²) in [5, 5.41) is 9.14. The van der Waals surface area contributed by atoms with Gasteiger partial charge in [-0.2, -0.15) is 0 Å². The molecule has 0 radical (unpaired) electrons. The van der Waals surface area contributed by atoms with E-state index in [0.29, 0.717) is 12.0 Å². The lowest BCUT2D eigenvalue weighted by Crippen LogP contribution is -2.49. The number of aliphatic hydroxyl groups is 1. The van der Waals surface area contributed by atoms with Crippen molar-refractivity contribution in [2.24, 2.45) is 5.92 Å². The molecular formula is C15H32N2O2. The van der Waals surface area contributed by atoms with Crippen molar-refractivity contribution < 1.29 is 9.84 Å². The number of aliphatic hydroxyl groups excluding tert-OH is 1. The quantitative estimate of drug-likeness (QED) is 0.689. The molecule has 4 heteroatoms. The number of ether oxygens (including phenoxy) is 1. The monoisotopic (exact) mass is 272 g/mol. The number of morpholine rings is 1. The Bertz CT molecular complexity index is 224. The maximum absolute atomic E-state index is 9.14. The third-order valence-electron chi connectivity index (χ3n) is 3.55. The van der Waals surface area contributed by atoms with E-state index < -0.39 is 0 Å². The Morgan fingerprint density at radius 1 is 1.37 bits per heavy atom. The fraction of sp³-hybridized carbons (Fsp3) is 1.00. The normalized spacial score (nSPS) is 21.5. The summed E-state index contributed by atoms with van der Waals surface area (Å²) in [7, 11) is 0. The average molecular weight is 272 g/mol. The largest absolute Gasteiger partial charge is 0.395 e. The van der Waals surface area contributed by atoms with Crippen LogP contribution in [0.15, 0.2) is 0 Å². The molecule has 0 aliphatic carbocycles. The highest BCUT2D eigenvalue weighted by Gasteiger charge is 2.22. The highest BCUT2D eigenvalue weighted by atomic mass is 16.5. The van der Waals surface area contributed by atoms with Gasteiger partial charge in [-0.15, -0.1) is 0 Å². The van der Waals surface area contributed by atoms with Crippen LogP contribution in [0.4, 0.5) is 0 Å². The van der Waals surface area contributed by atoms with E-state index in [1.54, 1.807) is 0 Å². The molecule has 0 saturated carbocycles. The summed E-state index contributed by atoms with van der Waals surface area (Å²) in [6.45, 7) is 13.9. The average Bonchev–Trinajstić information content (AvgIpc) is 2.36. The van der Waals surface area contributed by atoms with Gasteiger partial charge in [0.15, 0.2) is 0 Å². The highest BCUT2D eigenvalue weighted by molar-refractivity contribution is 4.75. The maximum Gasteiger partial charge on any atom is 0.0829 e. The second-order valence-corrected chi connectivity index (χ2v) is 6.02. The SMILES string of the molecule is CCCCN(CCO)CC1CN(CC(C)C)CCO1. The van der Waals surface area contributed by atoms with Crippen molar-refractivity contribution in [1.82, 2.24) is 9.80 Å². The van der Waals surface area contributed by atoms with Crippen LogP contribution in [0.5, 0.6) is 0 Å². The zero-order valence-corrected chi connectivity index (χ0v) is 13.0. The predicted molar refractivity (Wildman–Crippen MR) is 79.5 cm³/mol. The number of nitrogens with zero attached hydrogens (tertiary/aromatic N) is 2. The van der Waals surface area contributed by atoms with Crippen LogP contribution < -0.4 is 0 Å². The summed E-state index contributed by atoms with van der Waals surface area (Å²) in [5.74, 6) is 0.715. The van der Waals surface area contributed by atoms with Crippen LogP contribution in [0.25, 0.3) is 0 Å². The molecule has 19 heavy (non-hydrogen) atoms. The lowest BCUT2D eigenvalue weighted by molar-refractivity contribution is -0.0473. The van der Waals surface area contributed by atoms with E-state index in [4.69, 9.17) is 9.84 Å². The van der Waals surface area contributed by atoms with Crippen LogP contribution in [0.3, 0.4) is 0 Å². The number of unbranched alkanes of at least 4 members (excludes halogenated alkanes) is 1. The van der Waals surface area contributed by atoms with E-state index in [9.17, 15) is 0 Å². The molecule has 4 nitrogen and oxygen atoms in total. The van der Waals surface area contributed by atoms with Crippen molar-refractivity contribution in [3.05, 3.63) is 0 Å². The van der Waals surface area contributed by atoms with Gasteiger partial charge in [-0.05, 0) is 18.9 Å². The van der Waals surface area contributed by atoms with Crippen LogP contribution in [0.1, 0.15) is 33.6 Å². The molecule has 1 fully saturated rings. The van der Waals surface area contributed by atoms with E-state index in [-0.39, 0.29) is 6.61 Å². The zero-order chi connectivity index (χ0) is 14.1. The Morgan fingerprint density at radius 2 is 2.16 bits per heavy atom. The van der Waals surface area contributed by atoms with Crippen molar-refractivity contribution in [3.63, 3.8) is 0 Å². The molecule has 1 saturated heterocycles. The van der Waals surface area contributed by atoms with Gasteiger partial charge in [0.05, 0.1) is 19.3 Å². The van der Waals surface area contributed by atoms with Gasteiger partial charge in [0.2, 0.25) is 0 Å². The van der Waals surface area contributed by atoms with Crippen LogP contribution in [-0.2, 0) is 4.74 Å². The van der Waals surface area contributed by atoms with Gasteiger partial charge in [0, 0.05) is 32.7 Å². The van der Waals surface area contributed by atoms with Crippen molar-refractivity contribution >= 4 is 0 Å². The van der Waals surface area contributed by atoms with Gasteiger partial charge in [0.1, 0.15) is 0 Å². The zero-order valence-electron chi connectivity index (χ0n) is 13.0. The second-order valence-electron chi connectivity index (χ2n) is 6.02. The molecular weight excluding hydrogens is 240 g/mol. The standard InChI is InChI=1S/C15H32N2O2/c1-4-5-6-16(7-9-18)12-15-13-17(8-10-19-15)11-14(2)3/h14-15,18H,4-13H2,1-3H3. The van der Waals surface area contributed by atoms with Crippen molar-refractivity contribution in [1.29, 1.82) is 0 Å². The fourth-order valence-electron chi connectivity index (χ4n) is 2.68. The lowest BCUT2D eigenvalue weighted by Gasteiger charge is -2.36. The molecule has 0 amide bonds. The van der Waals surface area contributed by atoms with Crippen molar-refractivity contribution in [3.8, 4) is 0 Å². The van der Waals surface area contributed by atoms with Gasteiger partial charge in [-0.1, -0.05) is 27.2 Å². The molecule has 1 unspecified atom stereocenters. The van der Waals surface area contributed by atoms with E-state index in [0.717, 1.165) is 45.9 Å². The Hall–Kier alpha value is -0.160. The summed E-state index contributed by atoms with van der Waals surface area (Å²) in [6, 6.07) is 0. The molecule has 114 valence electrons. The molecule has 0 bridgehead atoms. The molecule has 1 atom stereocenters. The van der Waals surface area contributed by atoms with E-state index >= 15 is 0 Å². The van der Waals surface area contributed by atoms with E-state index in [1.807, 2.05) is 0 Å². The fourth-order valence-corrected chi connectivity index (χ4v) is 2.68. The van der Waals surface area contributed by atoms with Crippen LogP contribution in [0, 0.1) is 5.92 Å². The summed E-state index contributed by atoms with van der Waals surface area (Å²) >= 11 is 0. The molecule has 0 aromatic carbocycles. The van der Waals surface area contributed by atoms with Crippen LogP contribution in [-0.4, -0.2) is 73.5 Å². The van der Waals surface area contributed by atoms with Crippen molar-refractivity contribution in [2.45, 2.75) is 39.7 Å². The minimum Gasteiger partial charge on any atom is -0.395 e. The smallest absolute Gasteiger partial charge is 0.0829 e. The number of hydrogen-bond donors (Lipinski definition) is 1. The van der Waals surface area contributed by atoms with Gasteiger partial charge in [-0.3, -0.25) is 9.80 Å². The molecule has 1 N–H and O–H groups in total. The van der Waals surface area contributed by atoms with E-state index in [2.05, 4.69) is 30.6 Å².